The molecule has 0 saturated carbocycles. The van der Waals surface area contributed by atoms with Crippen molar-refractivity contribution in [1.82, 2.24) is 19.9 Å². The van der Waals surface area contributed by atoms with Gasteiger partial charge in [-0.15, -0.1) is 0 Å². The van der Waals surface area contributed by atoms with E-state index in [9.17, 15) is 10.1 Å². The number of aromatic amines is 2. The number of rotatable bonds is 7. The number of non-ortho nitro benzene ring substituents is 1. The van der Waals surface area contributed by atoms with Crippen LogP contribution in [0.25, 0.3) is 79.8 Å². The average molecular weight is 706 g/mol. The van der Waals surface area contributed by atoms with Gasteiger partial charge in [0.25, 0.3) is 5.69 Å². The molecule has 9 rings (SSSR count). The summed E-state index contributed by atoms with van der Waals surface area (Å²) >= 11 is 0. The highest BCUT2D eigenvalue weighted by Crippen LogP contribution is 2.39. The highest BCUT2D eigenvalue weighted by atomic mass is 16.6. The molecule has 0 radical (unpaired) electrons. The molecule has 0 spiro atoms. The quantitative estimate of drug-likeness (QED) is 0.126. The highest BCUT2D eigenvalue weighted by molar-refractivity contribution is 5.97. The third-order valence-corrected chi connectivity index (χ3v) is 9.48. The first kappa shape index (κ1) is 32.4. The molecule has 4 aromatic carbocycles. The first-order valence-electron chi connectivity index (χ1n) is 17.4. The zero-order chi connectivity index (χ0) is 36.6. The fourth-order valence-corrected chi connectivity index (χ4v) is 6.91. The fraction of sp³-hybridized carbons (Fsp3) is 0.0222. The Morgan fingerprint density at radius 1 is 0.500 bits per heavy atom. The summed E-state index contributed by atoms with van der Waals surface area (Å²) in [6.45, 7) is 0. The Labute approximate surface area is 309 Å². The first-order valence-corrected chi connectivity index (χ1v) is 17.4. The number of nitrogens with zero attached hydrogens (tertiary/aromatic N) is 3. The molecule has 0 saturated heterocycles. The molecule has 260 valence electrons. The number of ether oxygens (including phenoxy) is 2. The molecular weight excluding hydrogens is 675 g/mol. The van der Waals surface area contributed by atoms with E-state index >= 15 is 0 Å². The number of hydrogen-bond donors (Lipinski definition) is 2. The Morgan fingerprint density at radius 2 is 0.926 bits per heavy atom. The van der Waals surface area contributed by atoms with E-state index in [-0.39, 0.29) is 5.69 Å². The number of fused-ring (bicyclic) bond motifs is 8. The molecule has 0 fully saturated rings. The number of H-pyrrole nitrogens is 2. The number of aromatic nitrogens is 4. The van der Waals surface area contributed by atoms with Gasteiger partial charge in [0.05, 0.1) is 45.8 Å². The topological polar surface area (TPSA) is 119 Å². The molecule has 0 amide bonds. The molecule has 54 heavy (non-hydrogen) atoms. The van der Waals surface area contributed by atoms with Crippen molar-refractivity contribution < 1.29 is 14.4 Å². The van der Waals surface area contributed by atoms with Gasteiger partial charge in [-0.05, 0) is 89.5 Å². The van der Waals surface area contributed by atoms with E-state index in [0.717, 1.165) is 72.9 Å². The molecule has 2 aliphatic heterocycles. The second-order valence-corrected chi connectivity index (χ2v) is 12.8. The zero-order valence-electron chi connectivity index (χ0n) is 29.0. The van der Waals surface area contributed by atoms with Crippen molar-refractivity contribution in [3.63, 3.8) is 0 Å². The molecule has 3 aromatic heterocycles. The number of nitro benzene ring substituents is 1. The van der Waals surface area contributed by atoms with Crippen molar-refractivity contribution in [3.8, 4) is 50.6 Å². The lowest BCUT2D eigenvalue weighted by molar-refractivity contribution is -0.384. The van der Waals surface area contributed by atoms with Crippen LogP contribution >= 0.6 is 0 Å². The van der Waals surface area contributed by atoms with Gasteiger partial charge in [-0.25, -0.2) is 9.97 Å². The van der Waals surface area contributed by atoms with Crippen LogP contribution in [-0.2, 0) is 0 Å². The molecule has 2 aliphatic rings. The van der Waals surface area contributed by atoms with Gasteiger partial charge in [0, 0.05) is 39.9 Å². The van der Waals surface area contributed by atoms with E-state index in [0.29, 0.717) is 22.5 Å². The van der Waals surface area contributed by atoms with E-state index in [1.54, 1.807) is 19.2 Å². The predicted molar refractivity (Wildman–Crippen MR) is 215 cm³/mol. The van der Waals surface area contributed by atoms with Crippen LogP contribution in [0.4, 0.5) is 5.69 Å². The minimum Gasteiger partial charge on any atom is -0.497 e. The third-order valence-electron chi connectivity index (χ3n) is 9.48. The summed E-state index contributed by atoms with van der Waals surface area (Å²) in [7, 11) is 1.66. The van der Waals surface area contributed by atoms with Crippen molar-refractivity contribution in [3.05, 3.63) is 166 Å². The van der Waals surface area contributed by atoms with Crippen molar-refractivity contribution in [2.45, 2.75) is 0 Å². The lowest BCUT2D eigenvalue weighted by atomic mass is 10.0. The molecular formula is C45H31N5O4. The first-order chi connectivity index (χ1) is 26.5. The third kappa shape index (κ3) is 5.99. The Bertz CT molecular complexity index is 2650. The minimum atomic E-state index is -0.427. The molecule has 8 bridgehead atoms. The van der Waals surface area contributed by atoms with Crippen LogP contribution in [0.5, 0.6) is 17.2 Å². The monoisotopic (exact) mass is 705 g/mol. The van der Waals surface area contributed by atoms with Gasteiger partial charge in [0.1, 0.15) is 11.5 Å². The molecule has 2 N–H and O–H groups in total. The second-order valence-electron chi connectivity index (χ2n) is 12.8. The van der Waals surface area contributed by atoms with Crippen molar-refractivity contribution in [1.29, 1.82) is 0 Å². The standard InChI is InChI=1S/C45H31N5O4/c1-53-32-16-12-30(13-17-32)44-36-22-20-34(46-36)42(28-8-4-2-5-9-28)38-24-26-40(48-38)45(54-33-18-14-31(15-19-33)50(51)52)41-27-25-39(49-41)43(29-10-6-3-7-11-29)35-21-23-37(44)47-35/h2-27,48-49H,1H3. The van der Waals surface area contributed by atoms with Crippen LogP contribution in [0.1, 0.15) is 22.8 Å². The largest absolute Gasteiger partial charge is 0.497 e. The van der Waals surface area contributed by atoms with E-state index in [4.69, 9.17) is 19.4 Å². The second kappa shape index (κ2) is 13.6. The number of nitro groups is 1. The Hall–Kier alpha value is -7.52. The van der Waals surface area contributed by atoms with Crippen molar-refractivity contribution >= 4 is 52.1 Å². The van der Waals surface area contributed by atoms with Crippen LogP contribution in [0.15, 0.2) is 133 Å². The van der Waals surface area contributed by atoms with Gasteiger partial charge in [0.2, 0.25) is 0 Å². The summed E-state index contributed by atoms with van der Waals surface area (Å²) in [6, 6.07) is 42.3. The van der Waals surface area contributed by atoms with E-state index < -0.39 is 4.92 Å². The summed E-state index contributed by atoms with van der Waals surface area (Å²) in [5, 5.41) is 11.4. The number of nitrogens with one attached hydrogen (secondary N) is 2. The van der Waals surface area contributed by atoms with Crippen LogP contribution in [0.3, 0.4) is 0 Å². The van der Waals surface area contributed by atoms with E-state index in [1.165, 1.54) is 12.1 Å². The number of methoxy groups -OCH3 is 1. The van der Waals surface area contributed by atoms with Gasteiger partial charge in [0.15, 0.2) is 5.75 Å². The summed E-state index contributed by atoms with van der Waals surface area (Å²) in [4.78, 5) is 28.8. The van der Waals surface area contributed by atoms with Crippen LogP contribution in [0, 0.1) is 10.1 Å². The Kier molecular flexibility index (Phi) is 8.13. The van der Waals surface area contributed by atoms with Crippen molar-refractivity contribution in [2.75, 3.05) is 7.11 Å². The maximum atomic E-state index is 11.4. The fourth-order valence-electron chi connectivity index (χ4n) is 6.91. The van der Waals surface area contributed by atoms with E-state index in [1.807, 2.05) is 109 Å². The summed E-state index contributed by atoms with van der Waals surface area (Å²) in [5.74, 6) is 1.72. The number of benzene rings is 4. The zero-order valence-corrected chi connectivity index (χ0v) is 29.0. The van der Waals surface area contributed by atoms with Crippen LogP contribution < -0.4 is 9.47 Å². The highest BCUT2D eigenvalue weighted by Gasteiger charge is 2.20. The van der Waals surface area contributed by atoms with Gasteiger partial charge >= 0.3 is 0 Å². The van der Waals surface area contributed by atoms with Gasteiger partial charge < -0.3 is 19.4 Å². The van der Waals surface area contributed by atoms with E-state index in [2.05, 4.69) is 34.2 Å². The van der Waals surface area contributed by atoms with Crippen molar-refractivity contribution in [2.24, 2.45) is 0 Å². The molecule has 0 unspecified atom stereocenters. The molecule has 5 heterocycles. The lowest BCUT2D eigenvalue weighted by Gasteiger charge is -2.08. The molecule has 9 heteroatoms. The summed E-state index contributed by atoms with van der Waals surface area (Å²) in [5.41, 5.74) is 11.8. The molecule has 7 aromatic rings. The maximum absolute atomic E-state index is 11.4. The SMILES string of the molecule is COc1ccc(-c2c3nc(c(-c4ccccc4)c4ccc([nH]4)c(Oc4ccc([N+](=O)[O-])cc4)c4ccc([nH]4)c(-c4ccccc4)c4nc2C=C4)C=C3)cc1. The molecule has 0 aliphatic carbocycles. The Morgan fingerprint density at radius 3 is 1.39 bits per heavy atom. The maximum Gasteiger partial charge on any atom is 0.269 e. The predicted octanol–water partition coefficient (Wildman–Crippen LogP) is 11.4. The summed E-state index contributed by atoms with van der Waals surface area (Å²) < 4.78 is 12.1. The normalized spacial score (nSPS) is 11.8. The minimum absolute atomic E-state index is 0.0191. The van der Waals surface area contributed by atoms with Gasteiger partial charge in [-0.1, -0.05) is 72.8 Å². The Balaban J connectivity index is 1.40. The van der Waals surface area contributed by atoms with Crippen LogP contribution in [-0.4, -0.2) is 32.0 Å². The summed E-state index contributed by atoms with van der Waals surface area (Å²) in [6.07, 6.45) is 8.17. The smallest absolute Gasteiger partial charge is 0.269 e. The average Bonchev–Trinajstić information content (AvgIpc) is 4.06. The molecule has 9 nitrogen and oxygen atoms in total. The molecule has 0 atom stereocenters. The lowest BCUT2D eigenvalue weighted by Crippen LogP contribution is -1.91. The van der Waals surface area contributed by atoms with Gasteiger partial charge in [-0.3, -0.25) is 10.1 Å². The number of hydrogen-bond acceptors (Lipinski definition) is 6. The van der Waals surface area contributed by atoms with Gasteiger partial charge in [-0.2, -0.15) is 0 Å². The van der Waals surface area contributed by atoms with Crippen LogP contribution in [0.2, 0.25) is 0 Å².